The van der Waals surface area contributed by atoms with Crippen molar-refractivity contribution in [2.75, 3.05) is 7.11 Å². The van der Waals surface area contributed by atoms with Gasteiger partial charge in [-0.15, -0.1) is 0 Å². The van der Waals surface area contributed by atoms with Crippen LogP contribution >= 0.6 is 0 Å². The zero-order valence-electron chi connectivity index (χ0n) is 5.14. The molecular formula is C5H4F2N2O. The van der Waals surface area contributed by atoms with Crippen LogP contribution in [0.15, 0.2) is 6.07 Å². The first-order valence-electron chi connectivity index (χ1n) is 2.46. The molecule has 1 aromatic rings. The summed E-state index contributed by atoms with van der Waals surface area (Å²) in [5, 5.41) is 0. The summed E-state index contributed by atoms with van der Waals surface area (Å²) in [6.45, 7) is 0. The van der Waals surface area contributed by atoms with Crippen LogP contribution in [0.4, 0.5) is 8.78 Å². The number of hydrogen-bond donors (Lipinski definition) is 0. The third-order valence-electron chi connectivity index (χ3n) is 0.826. The van der Waals surface area contributed by atoms with E-state index in [0.29, 0.717) is 6.07 Å². The lowest BCUT2D eigenvalue weighted by Gasteiger charge is -1.94. The van der Waals surface area contributed by atoms with Gasteiger partial charge in [-0.25, -0.2) is 0 Å². The molecule has 1 heterocycles. The number of aromatic nitrogens is 2. The van der Waals surface area contributed by atoms with Crippen LogP contribution in [0.1, 0.15) is 0 Å². The molecule has 0 N–H and O–H groups in total. The van der Waals surface area contributed by atoms with Crippen LogP contribution < -0.4 is 4.74 Å². The molecule has 0 saturated heterocycles. The topological polar surface area (TPSA) is 35.0 Å². The summed E-state index contributed by atoms with van der Waals surface area (Å²) in [4.78, 5) is 6.22. The molecular weight excluding hydrogens is 142 g/mol. The number of nitrogens with zero attached hydrogens (tertiary/aromatic N) is 2. The fourth-order valence-electron chi connectivity index (χ4n) is 0.462. The van der Waals surface area contributed by atoms with Crippen molar-refractivity contribution < 1.29 is 13.5 Å². The molecule has 0 aliphatic carbocycles. The van der Waals surface area contributed by atoms with Gasteiger partial charge < -0.3 is 4.74 Å². The summed E-state index contributed by atoms with van der Waals surface area (Å²) < 4.78 is 28.7. The Labute approximate surface area is 55.7 Å². The average Bonchev–Trinajstić information content (AvgIpc) is 1.85. The monoisotopic (exact) mass is 146 g/mol. The molecule has 10 heavy (non-hydrogen) atoms. The Morgan fingerprint density at radius 1 is 1.30 bits per heavy atom. The third kappa shape index (κ3) is 1.37. The van der Waals surface area contributed by atoms with E-state index >= 15 is 0 Å². The van der Waals surface area contributed by atoms with E-state index < -0.39 is 11.9 Å². The van der Waals surface area contributed by atoms with Gasteiger partial charge in [-0.05, 0) is 0 Å². The van der Waals surface area contributed by atoms with E-state index in [2.05, 4.69) is 14.7 Å². The van der Waals surface area contributed by atoms with Crippen LogP contribution in [-0.4, -0.2) is 17.1 Å². The van der Waals surface area contributed by atoms with Gasteiger partial charge in [0, 0.05) is 6.07 Å². The number of rotatable bonds is 1. The van der Waals surface area contributed by atoms with Gasteiger partial charge >= 0.3 is 6.01 Å². The van der Waals surface area contributed by atoms with Crippen molar-refractivity contribution in [2.24, 2.45) is 0 Å². The first-order chi connectivity index (χ1) is 4.72. The molecule has 0 aromatic carbocycles. The highest BCUT2D eigenvalue weighted by Crippen LogP contribution is 2.03. The maximum atomic E-state index is 12.1. The fraction of sp³-hybridized carbons (Fsp3) is 0.200. The summed E-state index contributed by atoms with van der Waals surface area (Å²) in [6, 6.07) is 0.264. The van der Waals surface area contributed by atoms with Gasteiger partial charge in [-0.3, -0.25) is 0 Å². The molecule has 0 aliphatic heterocycles. The molecule has 54 valence electrons. The second kappa shape index (κ2) is 2.55. The summed E-state index contributed by atoms with van der Waals surface area (Å²) in [5.74, 6) is -1.88. The molecule has 5 heteroatoms. The number of ether oxygens (including phenoxy) is 1. The van der Waals surface area contributed by atoms with Gasteiger partial charge in [0.1, 0.15) is 0 Å². The average molecular weight is 146 g/mol. The maximum Gasteiger partial charge on any atom is 0.321 e. The SMILES string of the molecule is COc1nc(F)cc(F)n1. The Balaban J connectivity index is 3.06. The summed E-state index contributed by atoms with van der Waals surface area (Å²) in [6.07, 6.45) is 0. The van der Waals surface area contributed by atoms with Gasteiger partial charge in [0.25, 0.3) is 0 Å². The lowest BCUT2D eigenvalue weighted by molar-refractivity contribution is 0.356. The van der Waals surface area contributed by atoms with E-state index in [4.69, 9.17) is 0 Å². The van der Waals surface area contributed by atoms with Crippen molar-refractivity contribution in [3.8, 4) is 6.01 Å². The van der Waals surface area contributed by atoms with Crippen LogP contribution in [0, 0.1) is 11.9 Å². The van der Waals surface area contributed by atoms with Crippen LogP contribution in [0.3, 0.4) is 0 Å². The third-order valence-corrected chi connectivity index (χ3v) is 0.826. The molecule has 0 fully saturated rings. The highest BCUT2D eigenvalue weighted by molar-refractivity contribution is 4.96. The van der Waals surface area contributed by atoms with Crippen molar-refractivity contribution in [1.29, 1.82) is 0 Å². The molecule has 0 bridgehead atoms. The second-order valence-electron chi connectivity index (χ2n) is 1.50. The fourth-order valence-corrected chi connectivity index (χ4v) is 0.462. The van der Waals surface area contributed by atoms with Gasteiger partial charge in [0.15, 0.2) is 0 Å². The number of hydrogen-bond acceptors (Lipinski definition) is 3. The minimum absolute atomic E-state index is 0.308. The molecule has 0 aliphatic rings. The zero-order valence-corrected chi connectivity index (χ0v) is 5.14. The first kappa shape index (κ1) is 6.85. The van der Waals surface area contributed by atoms with Crippen molar-refractivity contribution in [2.45, 2.75) is 0 Å². The van der Waals surface area contributed by atoms with E-state index in [-0.39, 0.29) is 6.01 Å². The molecule has 0 atom stereocenters. The van der Waals surface area contributed by atoms with E-state index in [1.54, 1.807) is 0 Å². The van der Waals surface area contributed by atoms with Crippen LogP contribution in [0.2, 0.25) is 0 Å². The maximum absolute atomic E-state index is 12.1. The predicted octanol–water partition coefficient (Wildman–Crippen LogP) is 0.763. The molecule has 1 rings (SSSR count). The number of halogens is 2. The number of methoxy groups -OCH3 is 1. The molecule has 0 radical (unpaired) electrons. The van der Waals surface area contributed by atoms with Crippen molar-refractivity contribution in [1.82, 2.24) is 9.97 Å². The minimum Gasteiger partial charge on any atom is -0.467 e. The highest BCUT2D eigenvalue weighted by atomic mass is 19.1. The molecule has 0 saturated carbocycles. The summed E-state index contributed by atoms with van der Waals surface area (Å²) in [7, 11) is 1.23. The standard InChI is InChI=1S/C5H4F2N2O/c1-10-5-8-3(6)2-4(7)9-5/h2H,1H3. The van der Waals surface area contributed by atoms with E-state index in [1.807, 2.05) is 0 Å². The highest BCUT2D eigenvalue weighted by Gasteiger charge is 2.01. The largest absolute Gasteiger partial charge is 0.467 e. The molecule has 3 nitrogen and oxygen atoms in total. The van der Waals surface area contributed by atoms with Crippen molar-refractivity contribution in [3.63, 3.8) is 0 Å². The van der Waals surface area contributed by atoms with Crippen LogP contribution in [0.5, 0.6) is 6.01 Å². The van der Waals surface area contributed by atoms with Crippen LogP contribution in [-0.2, 0) is 0 Å². The summed E-state index contributed by atoms with van der Waals surface area (Å²) in [5.41, 5.74) is 0. The molecule has 1 aromatic heterocycles. The molecule has 0 unspecified atom stereocenters. The smallest absolute Gasteiger partial charge is 0.321 e. The second-order valence-corrected chi connectivity index (χ2v) is 1.50. The van der Waals surface area contributed by atoms with Gasteiger partial charge in [-0.2, -0.15) is 18.7 Å². The Morgan fingerprint density at radius 3 is 2.20 bits per heavy atom. The Kier molecular flexibility index (Phi) is 1.75. The molecule has 0 spiro atoms. The summed E-state index contributed by atoms with van der Waals surface area (Å²) >= 11 is 0. The zero-order chi connectivity index (χ0) is 7.56. The first-order valence-corrected chi connectivity index (χ1v) is 2.46. The van der Waals surface area contributed by atoms with E-state index in [9.17, 15) is 8.78 Å². The van der Waals surface area contributed by atoms with Crippen molar-refractivity contribution >= 4 is 0 Å². The lowest BCUT2D eigenvalue weighted by Crippen LogP contribution is -1.96. The van der Waals surface area contributed by atoms with Gasteiger partial charge in [-0.1, -0.05) is 0 Å². The lowest BCUT2D eigenvalue weighted by atomic mass is 10.6. The Morgan fingerprint density at radius 2 is 1.80 bits per heavy atom. The normalized spacial score (nSPS) is 9.50. The Bertz CT molecular complexity index is 221. The van der Waals surface area contributed by atoms with Gasteiger partial charge in [0.2, 0.25) is 11.9 Å². The van der Waals surface area contributed by atoms with E-state index in [0.717, 1.165) is 0 Å². The molecule has 0 amide bonds. The minimum atomic E-state index is -0.940. The quantitative estimate of drug-likeness (QED) is 0.548. The van der Waals surface area contributed by atoms with Gasteiger partial charge in [0.05, 0.1) is 7.11 Å². The Hall–Kier alpha value is -1.26. The van der Waals surface area contributed by atoms with E-state index in [1.165, 1.54) is 7.11 Å². The van der Waals surface area contributed by atoms with Crippen LogP contribution in [0.25, 0.3) is 0 Å². The predicted molar refractivity (Wildman–Crippen MR) is 28.5 cm³/mol. The van der Waals surface area contributed by atoms with Crippen molar-refractivity contribution in [3.05, 3.63) is 18.0 Å².